The van der Waals surface area contributed by atoms with Crippen molar-refractivity contribution < 1.29 is 4.74 Å². The summed E-state index contributed by atoms with van der Waals surface area (Å²) >= 11 is 5.57. The molecule has 0 saturated carbocycles. The van der Waals surface area contributed by atoms with E-state index in [1.165, 1.54) is 30.5 Å². The molecule has 2 aliphatic heterocycles. The van der Waals surface area contributed by atoms with Crippen molar-refractivity contribution in [2.24, 2.45) is 5.92 Å². The zero-order chi connectivity index (χ0) is 24.7. The van der Waals surface area contributed by atoms with Gasteiger partial charge in [-0.3, -0.25) is 0 Å². The van der Waals surface area contributed by atoms with Crippen molar-refractivity contribution in [1.82, 2.24) is 15.3 Å². The zero-order valence-corrected chi connectivity index (χ0v) is 21.6. The maximum Gasteiger partial charge on any atom is 0.234 e. The summed E-state index contributed by atoms with van der Waals surface area (Å²) < 4.78 is 6.06. The van der Waals surface area contributed by atoms with Gasteiger partial charge in [-0.2, -0.15) is 9.97 Å². The van der Waals surface area contributed by atoms with Crippen molar-refractivity contribution in [2.45, 2.75) is 39.2 Å². The van der Waals surface area contributed by atoms with Gasteiger partial charge in [0.25, 0.3) is 0 Å². The van der Waals surface area contributed by atoms with E-state index in [0.29, 0.717) is 29.4 Å². The highest BCUT2D eigenvalue weighted by molar-refractivity contribution is 7.80. The minimum atomic E-state index is 0.429. The number of aromatic nitrogens is 2. The van der Waals surface area contributed by atoms with Gasteiger partial charge in [0.15, 0.2) is 5.11 Å². The number of hydrogen-bond donors (Lipinski definition) is 2. The first kappa shape index (κ1) is 24.3. The Kier molecular flexibility index (Phi) is 7.81. The Bertz CT molecular complexity index is 1150. The number of rotatable bonds is 7. The summed E-state index contributed by atoms with van der Waals surface area (Å²) in [5, 5.41) is 6.93. The summed E-state index contributed by atoms with van der Waals surface area (Å²) in [7, 11) is 0. The number of ether oxygens (including phenoxy) is 1. The molecule has 1 atom stereocenters. The molecular formula is C28H34N6OS. The van der Waals surface area contributed by atoms with Crippen LogP contribution < -0.4 is 25.2 Å². The summed E-state index contributed by atoms with van der Waals surface area (Å²) in [5.41, 5.74) is 2.47. The molecule has 188 valence electrons. The molecule has 0 bridgehead atoms. The Morgan fingerprint density at radius 2 is 1.72 bits per heavy atom. The molecular weight excluding hydrogens is 468 g/mol. The molecule has 0 amide bonds. The largest absolute Gasteiger partial charge is 0.439 e. The SMILES string of the molecule is CC1CCCN(c2cc(Oc3ccccc3)nc(NC(=S)NCc3ccc(N4CCCC4)cc3)n2)C1. The summed E-state index contributed by atoms with van der Waals surface area (Å²) in [6, 6.07) is 20.3. The quantitative estimate of drug-likeness (QED) is 0.405. The van der Waals surface area contributed by atoms with Crippen molar-refractivity contribution >= 4 is 34.8 Å². The third kappa shape index (κ3) is 6.43. The van der Waals surface area contributed by atoms with Crippen LogP contribution in [0.4, 0.5) is 17.5 Å². The van der Waals surface area contributed by atoms with Crippen LogP contribution in [0, 0.1) is 5.92 Å². The van der Waals surface area contributed by atoms with E-state index in [1.807, 2.05) is 36.4 Å². The van der Waals surface area contributed by atoms with Crippen molar-refractivity contribution in [3.8, 4) is 11.6 Å². The number of thiocarbonyl (C=S) groups is 1. The summed E-state index contributed by atoms with van der Waals surface area (Å²) in [4.78, 5) is 14.1. The second kappa shape index (κ2) is 11.6. The van der Waals surface area contributed by atoms with E-state index in [1.54, 1.807) is 0 Å². The van der Waals surface area contributed by atoms with Crippen LogP contribution in [0.1, 0.15) is 38.2 Å². The molecule has 2 aromatic carbocycles. The lowest BCUT2D eigenvalue weighted by atomic mass is 10.0. The van der Waals surface area contributed by atoms with Gasteiger partial charge in [-0.25, -0.2) is 0 Å². The maximum absolute atomic E-state index is 6.06. The van der Waals surface area contributed by atoms with Gasteiger partial charge in [0.1, 0.15) is 11.6 Å². The van der Waals surface area contributed by atoms with Crippen molar-refractivity contribution in [3.05, 3.63) is 66.2 Å². The Labute approximate surface area is 218 Å². The molecule has 8 heteroatoms. The third-order valence-corrected chi connectivity index (χ3v) is 6.97. The van der Waals surface area contributed by atoms with E-state index in [0.717, 1.165) is 44.2 Å². The molecule has 0 spiro atoms. The van der Waals surface area contributed by atoms with Gasteiger partial charge in [-0.05, 0) is 73.6 Å². The molecule has 2 aliphatic rings. The van der Waals surface area contributed by atoms with Crippen LogP contribution in [0.2, 0.25) is 0 Å². The molecule has 5 rings (SSSR count). The average Bonchev–Trinajstić information content (AvgIpc) is 3.43. The standard InChI is InChI=1S/C28H34N6OS/c1-21-8-7-17-34(20-21)25-18-26(35-24-9-3-2-4-10-24)31-27(30-25)32-28(36)29-19-22-11-13-23(14-12-22)33-15-5-6-16-33/h2-4,9-14,18,21H,5-8,15-17,19-20H2,1H3,(H2,29,30,31,32,36). The predicted octanol–water partition coefficient (Wildman–Crippen LogP) is 5.59. The fourth-order valence-corrected chi connectivity index (χ4v) is 4.98. The van der Waals surface area contributed by atoms with Gasteiger partial charge in [0.2, 0.25) is 11.8 Å². The smallest absolute Gasteiger partial charge is 0.234 e. The molecule has 1 aromatic heterocycles. The normalized spacial score (nSPS) is 17.6. The Morgan fingerprint density at radius 3 is 2.47 bits per heavy atom. The van der Waals surface area contributed by atoms with Gasteiger partial charge < -0.3 is 25.2 Å². The molecule has 2 saturated heterocycles. The lowest BCUT2D eigenvalue weighted by Gasteiger charge is -2.32. The van der Waals surface area contributed by atoms with Gasteiger partial charge >= 0.3 is 0 Å². The molecule has 36 heavy (non-hydrogen) atoms. The Morgan fingerprint density at radius 1 is 0.972 bits per heavy atom. The average molecular weight is 503 g/mol. The molecule has 3 heterocycles. The highest BCUT2D eigenvalue weighted by atomic mass is 32.1. The Balaban J connectivity index is 1.25. The van der Waals surface area contributed by atoms with Crippen molar-refractivity contribution in [3.63, 3.8) is 0 Å². The highest BCUT2D eigenvalue weighted by Gasteiger charge is 2.20. The fraction of sp³-hybridized carbons (Fsp3) is 0.393. The molecule has 0 aliphatic carbocycles. The number of piperidine rings is 1. The summed E-state index contributed by atoms with van der Waals surface area (Å²) in [6.45, 7) is 7.15. The number of hydrogen-bond acceptors (Lipinski definition) is 6. The monoisotopic (exact) mass is 502 g/mol. The summed E-state index contributed by atoms with van der Waals surface area (Å²) in [5.74, 6) is 3.14. The van der Waals surface area contributed by atoms with Crippen molar-refractivity contribution in [2.75, 3.05) is 41.3 Å². The molecule has 7 nitrogen and oxygen atoms in total. The van der Waals surface area contributed by atoms with E-state index < -0.39 is 0 Å². The second-order valence-electron chi connectivity index (χ2n) is 9.66. The zero-order valence-electron chi connectivity index (χ0n) is 20.8. The van der Waals surface area contributed by atoms with Gasteiger partial charge in [-0.1, -0.05) is 37.3 Å². The van der Waals surface area contributed by atoms with Gasteiger partial charge in [-0.15, -0.1) is 0 Å². The molecule has 0 radical (unpaired) electrons. The van der Waals surface area contributed by atoms with E-state index in [-0.39, 0.29) is 0 Å². The van der Waals surface area contributed by atoms with Crippen LogP contribution in [0.15, 0.2) is 60.7 Å². The fourth-order valence-electron chi connectivity index (χ4n) is 4.82. The van der Waals surface area contributed by atoms with Crippen molar-refractivity contribution in [1.29, 1.82) is 0 Å². The van der Waals surface area contributed by atoms with Gasteiger partial charge in [0.05, 0.1) is 0 Å². The predicted molar refractivity (Wildman–Crippen MR) is 150 cm³/mol. The summed E-state index contributed by atoms with van der Waals surface area (Å²) in [6.07, 6.45) is 4.95. The lowest BCUT2D eigenvalue weighted by molar-refractivity contribution is 0.440. The number of nitrogens with zero attached hydrogens (tertiary/aromatic N) is 4. The maximum atomic E-state index is 6.06. The van der Waals surface area contributed by atoms with E-state index >= 15 is 0 Å². The molecule has 2 fully saturated rings. The first-order valence-corrected chi connectivity index (χ1v) is 13.3. The first-order valence-electron chi connectivity index (χ1n) is 12.9. The minimum Gasteiger partial charge on any atom is -0.439 e. The molecule has 3 aromatic rings. The first-order chi connectivity index (χ1) is 17.6. The number of anilines is 3. The lowest BCUT2D eigenvalue weighted by Crippen LogP contribution is -2.35. The Hall–Kier alpha value is -3.39. The minimum absolute atomic E-state index is 0.429. The van der Waals surface area contributed by atoms with Crippen LogP contribution in [0.3, 0.4) is 0 Å². The van der Waals surface area contributed by atoms with Gasteiger partial charge in [0, 0.05) is 44.5 Å². The third-order valence-electron chi connectivity index (χ3n) is 6.72. The number of benzene rings is 2. The van der Waals surface area contributed by atoms with E-state index in [4.69, 9.17) is 21.9 Å². The number of nitrogens with one attached hydrogen (secondary N) is 2. The topological polar surface area (TPSA) is 65.6 Å². The van der Waals surface area contributed by atoms with Crippen LogP contribution in [-0.4, -0.2) is 41.3 Å². The van der Waals surface area contributed by atoms with Crippen LogP contribution in [0.5, 0.6) is 11.6 Å². The molecule has 2 N–H and O–H groups in total. The van der Waals surface area contributed by atoms with Crippen LogP contribution >= 0.6 is 12.2 Å². The highest BCUT2D eigenvalue weighted by Crippen LogP contribution is 2.28. The van der Waals surface area contributed by atoms with Crippen LogP contribution in [-0.2, 0) is 6.54 Å². The van der Waals surface area contributed by atoms with Crippen LogP contribution in [0.25, 0.3) is 0 Å². The number of para-hydroxylation sites is 1. The second-order valence-corrected chi connectivity index (χ2v) is 10.1. The van der Waals surface area contributed by atoms with E-state index in [9.17, 15) is 0 Å². The van der Waals surface area contributed by atoms with E-state index in [2.05, 4.69) is 56.6 Å². The molecule has 1 unspecified atom stereocenters.